The fraction of sp³-hybridized carbons (Fsp3) is 1.00. The molecule has 0 radical (unpaired) electrons. The highest BCUT2D eigenvalue weighted by Crippen LogP contribution is 2.38. The van der Waals surface area contributed by atoms with E-state index in [0.29, 0.717) is 6.04 Å². The molecule has 1 saturated heterocycles. The van der Waals surface area contributed by atoms with Gasteiger partial charge in [-0.15, -0.1) is 0 Å². The summed E-state index contributed by atoms with van der Waals surface area (Å²) in [5.41, 5.74) is 0. The second-order valence-electron chi connectivity index (χ2n) is 6.02. The standard InChI is InChI=1S/C14H28N2O/c1-12(2)16(11-14-10-13(14)3)5-4-15-6-8-17-9-7-15/h12-14H,4-11H2,1-3H3/t13-,14-/m0/s1. The molecule has 17 heavy (non-hydrogen) atoms. The molecule has 0 amide bonds. The summed E-state index contributed by atoms with van der Waals surface area (Å²) in [6.45, 7) is 14.8. The van der Waals surface area contributed by atoms with Crippen LogP contribution < -0.4 is 0 Å². The van der Waals surface area contributed by atoms with Gasteiger partial charge in [0.1, 0.15) is 0 Å². The van der Waals surface area contributed by atoms with Gasteiger partial charge in [-0.3, -0.25) is 9.80 Å². The molecule has 1 aliphatic carbocycles. The maximum atomic E-state index is 5.39. The average Bonchev–Trinajstić information content (AvgIpc) is 3.01. The Morgan fingerprint density at radius 3 is 2.47 bits per heavy atom. The predicted octanol–water partition coefficient (Wildman–Crippen LogP) is 1.69. The number of ether oxygens (including phenoxy) is 1. The third-order valence-corrected chi connectivity index (χ3v) is 4.28. The molecule has 0 unspecified atom stereocenters. The van der Waals surface area contributed by atoms with Crippen LogP contribution in [0.1, 0.15) is 27.2 Å². The van der Waals surface area contributed by atoms with Crippen LogP contribution in [0.25, 0.3) is 0 Å². The molecule has 2 aliphatic rings. The van der Waals surface area contributed by atoms with Gasteiger partial charge < -0.3 is 4.74 Å². The highest BCUT2D eigenvalue weighted by molar-refractivity contribution is 4.86. The van der Waals surface area contributed by atoms with E-state index < -0.39 is 0 Å². The fourth-order valence-corrected chi connectivity index (χ4v) is 2.61. The van der Waals surface area contributed by atoms with E-state index in [0.717, 1.165) is 38.1 Å². The van der Waals surface area contributed by atoms with Crippen molar-refractivity contribution in [2.24, 2.45) is 11.8 Å². The Morgan fingerprint density at radius 2 is 1.94 bits per heavy atom. The van der Waals surface area contributed by atoms with Crippen LogP contribution in [0.2, 0.25) is 0 Å². The molecule has 2 atom stereocenters. The largest absolute Gasteiger partial charge is 0.379 e. The summed E-state index contributed by atoms with van der Waals surface area (Å²) >= 11 is 0. The summed E-state index contributed by atoms with van der Waals surface area (Å²) in [5, 5.41) is 0. The smallest absolute Gasteiger partial charge is 0.0594 e. The van der Waals surface area contributed by atoms with Gasteiger partial charge >= 0.3 is 0 Å². The van der Waals surface area contributed by atoms with Gasteiger partial charge in [-0.25, -0.2) is 0 Å². The van der Waals surface area contributed by atoms with Crippen molar-refractivity contribution >= 4 is 0 Å². The lowest BCUT2D eigenvalue weighted by Crippen LogP contribution is -2.43. The van der Waals surface area contributed by atoms with Gasteiger partial charge in [0.15, 0.2) is 0 Å². The molecule has 0 aromatic heterocycles. The molecular formula is C14H28N2O. The first-order valence-corrected chi connectivity index (χ1v) is 7.21. The molecule has 2 fully saturated rings. The number of hydrogen-bond donors (Lipinski definition) is 0. The molecule has 100 valence electrons. The van der Waals surface area contributed by atoms with Crippen LogP contribution in [0.15, 0.2) is 0 Å². The highest BCUT2D eigenvalue weighted by Gasteiger charge is 2.34. The fourth-order valence-electron chi connectivity index (χ4n) is 2.61. The molecule has 3 heteroatoms. The van der Waals surface area contributed by atoms with Gasteiger partial charge in [-0.2, -0.15) is 0 Å². The minimum atomic E-state index is 0.684. The Bertz CT molecular complexity index is 226. The third kappa shape index (κ3) is 4.23. The minimum Gasteiger partial charge on any atom is -0.379 e. The summed E-state index contributed by atoms with van der Waals surface area (Å²) in [6.07, 6.45) is 1.45. The van der Waals surface area contributed by atoms with Crippen molar-refractivity contribution in [2.75, 3.05) is 45.9 Å². The molecule has 2 rings (SSSR count). The third-order valence-electron chi connectivity index (χ3n) is 4.28. The van der Waals surface area contributed by atoms with E-state index in [9.17, 15) is 0 Å². The molecule has 0 N–H and O–H groups in total. The average molecular weight is 240 g/mol. The Morgan fingerprint density at radius 1 is 1.29 bits per heavy atom. The molecule has 1 saturated carbocycles. The second-order valence-corrected chi connectivity index (χ2v) is 6.02. The molecule has 0 bridgehead atoms. The molecule has 1 heterocycles. The Kier molecular flexibility index (Phi) is 4.83. The topological polar surface area (TPSA) is 15.7 Å². The van der Waals surface area contributed by atoms with Gasteiger partial charge in [0, 0.05) is 38.8 Å². The first kappa shape index (κ1) is 13.3. The quantitative estimate of drug-likeness (QED) is 0.702. The summed E-state index contributed by atoms with van der Waals surface area (Å²) in [5.74, 6) is 1.95. The van der Waals surface area contributed by atoms with Crippen molar-refractivity contribution in [2.45, 2.75) is 33.2 Å². The maximum Gasteiger partial charge on any atom is 0.0594 e. The zero-order valence-corrected chi connectivity index (χ0v) is 11.7. The van der Waals surface area contributed by atoms with E-state index in [2.05, 4.69) is 30.6 Å². The first-order chi connectivity index (χ1) is 8.16. The summed E-state index contributed by atoms with van der Waals surface area (Å²) in [7, 11) is 0. The number of nitrogens with zero attached hydrogens (tertiary/aromatic N) is 2. The van der Waals surface area contributed by atoms with E-state index in [1.807, 2.05) is 0 Å². The zero-order chi connectivity index (χ0) is 12.3. The zero-order valence-electron chi connectivity index (χ0n) is 11.7. The lowest BCUT2D eigenvalue weighted by molar-refractivity contribution is 0.0313. The molecule has 0 aromatic rings. The van der Waals surface area contributed by atoms with Gasteiger partial charge in [-0.05, 0) is 32.1 Å². The van der Waals surface area contributed by atoms with Gasteiger partial charge in [0.2, 0.25) is 0 Å². The number of rotatable bonds is 6. The Hall–Kier alpha value is -0.120. The van der Waals surface area contributed by atoms with Crippen LogP contribution in [0, 0.1) is 11.8 Å². The van der Waals surface area contributed by atoms with Crippen molar-refractivity contribution in [1.82, 2.24) is 9.80 Å². The lowest BCUT2D eigenvalue weighted by atomic mass is 10.2. The normalized spacial score (nSPS) is 30.2. The van der Waals surface area contributed by atoms with Crippen LogP contribution in [-0.2, 0) is 4.74 Å². The highest BCUT2D eigenvalue weighted by atomic mass is 16.5. The van der Waals surface area contributed by atoms with Crippen LogP contribution in [0.4, 0.5) is 0 Å². The van der Waals surface area contributed by atoms with E-state index in [1.165, 1.54) is 26.1 Å². The first-order valence-electron chi connectivity index (χ1n) is 7.21. The van der Waals surface area contributed by atoms with Crippen LogP contribution >= 0.6 is 0 Å². The summed E-state index contributed by atoms with van der Waals surface area (Å²) in [6, 6.07) is 0.684. The monoisotopic (exact) mass is 240 g/mol. The van der Waals surface area contributed by atoms with Gasteiger partial charge in [0.25, 0.3) is 0 Å². The molecule has 0 aromatic carbocycles. The van der Waals surface area contributed by atoms with Crippen LogP contribution in [0.3, 0.4) is 0 Å². The van der Waals surface area contributed by atoms with E-state index in [4.69, 9.17) is 4.74 Å². The van der Waals surface area contributed by atoms with Crippen molar-refractivity contribution in [3.63, 3.8) is 0 Å². The Labute approximate surface area is 106 Å². The SMILES string of the molecule is CC(C)N(CCN1CCOCC1)C[C@@H]1C[C@@H]1C. The van der Waals surface area contributed by atoms with E-state index in [1.54, 1.807) is 0 Å². The molecule has 3 nitrogen and oxygen atoms in total. The van der Waals surface area contributed by atoms with E-state index >= 15 is 0 Å². The number of morpholine rings is 1. The second kappa shape index (κ2) is 6.17. The van der Waals surface area contributed by atoms with Crippen LogP contribution in [0.5, 0.6) is 0 Å². The predicted molar refractivity (Wildman–Crippen MR) is 71.2 cm³/mol. The van der Waals surface area contributed by atoms with Crippen LogP contribution in [-0.4, -0.2) is 61.8 Å². The summed E-state index contributed by atoms with van der Waals surface area (Å²) in [4.78, 5) is 5.19. The minimum absolute atomic E-state index is 0.684. The Balaban J connectivity index is 1.69. The van der Waals surface area contributed by atoms with Crippen molar-refractivity contribution in [3.8, 4) is 0 Å². The van der Waals surface area contributed by atoms with Gasteiger partial charge in [0.05, 0.1) is 13.2 Å². The summed E-state index contributed by atoms with van der Waals surface area (Å²) < 4.78 is 5.39. The van der Waals surface area contributed by atoms with Gasteiger partial charge in [-0.1, -0.05) is 6.92 Å². The van der Waals surface area contributed by atoms with Crippen molar-refractivity contribution in [3.05, 3.63) is 0 Å². The van der Waals surface area contributed by atoms with Crippen molar-refractivity contribution in [1.29, 1.82) is 0 Å². The van der Waals surface area contributed by atoms with E-state index in [-0.39, 0.29) is 0 Å². The maximum absolute atomic E-state index is 5.39. The lowest BCUT2D eigenvalue weighted by Gasteiger charge is -2.32. The molecular weight excluding hydrogens is 212 g/mol. The molecule has 0 spiro atoms. The number of hydrogen-bond acceptors (Lipinski definition) is 3. The molecule has 1 aliphatic heterocycles. The van der Waals surface area contributed by atoms with Crippen molar-refractivity contribution < 1.29 is 4.74 Å².